The number of hydrogen-bond acceptors (Lipinski definition) is 4. The molecular formula is C25H19ClN2O4S. The normalized spacial score (nSPS) is 10.9. The third-order valence-corrected chi connectivity index (χ3v) is 6.28. The smallest absolute Gasteiger partial charge is 0.261 e. The highest BCUT2D eigenvalue weighted by atomic mass is 35.5. The van der Waals surface area contributed by atoms with E-state index in [0.717, 1.165) is 0 Å². The summed E-state index contributed by atoms with van der Waals surface area (Å²) in [6, 6.07) is 28.3. The lowest BCUT2D eigenvalue weighted by molar-refractivity contribution is 0.102. The minimum absolute atomic E-state index is 0.0868. The van der Waals surface area contributed by atoms with E-state index in [9.17, 15) is 13.2 Å². The largest absolute Gasteiger partial charge is 0.455 e. The van der Waals surface area contributed by atoms with Crippen molar-refractivity contribution in [2.24, 2.45) is 0 Å². The second-order valence-electron chi connectivity index (χ2n) is 7.00. The summed E-state index contributed by atoms with van der Waals surface area (Å²) in [4.78, 5) is 12.8. The molecule has 33 heavy (non-hydrogen) atoms. The van der Waals surface area contributed by atoms with Crippen LogP contribution >= 0.6 is 11.6 Å². The number of anilines is 2. The van der Waals surface area contributed by atoms with Crippen LogP contribution in [-0.2, 0) is 10.0 Å². The van der Waals surface area contributed by atoms with E-state index < -0.39 is 10.0 Å². The monoisotopic (exact) mass is 478 g/mol. The number of halogens is 1. The Hall–Kier alpha value is -3.81. The number of ether oxygens (including phenoxy) is 1. The third kappa shape index (κ3) is 5.71. The zero-order valence-electron chi connectivity index (χ0n) is 17.2. The number of benzene rings is 4. The number of nitrogens with one attached hydrogen (secondary N) is 2. The van der Waals surface area contributed by atoms with Gasteiger partial charge in [-0.1, -0.05) is 41.9 Å². The van der Waals surface area contributed by atoms with E-state index in [1.807, 2.05) is 36.4 Å². The van der Waals surface area contributed by atoms with E-state index in [0.29, 0.717) is 33.5 Å². The number of hydrogen-bond donors (Lipinski definition) is 2. The Kier molecular flexibility index (Phi) is 6.63. The molecule has 0 bridgehead atoms. The molecule has 1 amide bonds. The molecule has 166 valence electrons. The van der Waals surface area contributed by atoms with E-state index in [-0.39, 0.29) is 10.8 Å². The maximum atomic E-state index is 12.8. The average molecular weight is 479 g/mol. The Balaban J connectivity index is 1.46. The Morgan fingerprint density at radius 2 is 1.39 bits per heavy atom. The molecule has 0 aliphatic heterocycles. The summed E-state index contributed by atoms with van der Waals surface area (Å²) >= 11 is 5.82. The van der Waals surface area contributed by atoms with Crippen LogP contribution in [0.5, 0.6) is 11.5 Å². The van der Waals surface area contributed by atoms with Gasteiger partial charge in [0.2, 0.25) is 0 Å². The molecule has 0 saturated heterocycles. The topological polar surface area (TPSA) is 84.5 Å². The van der Waals surface area contributed by atoms with Gasteiger partial charge >= 0.3 is 0 Å². The summed E-state index contributed by atoms with van der Waals surface area (Å²) in [5.41, 5.74) is 1.20. The lowest BCUT2D eigenvalue weighted by atomic mass is 10.2. The molecule has 0 aliphatic carbocycles. The highest BCUT2D eigenvalue weighted by Gasteiger charge is 2.15. The van der Waals surface area contributed by atoms with Gasteiger partial charge in [0, 0.05) is 16.3 Å². The minimum atomic E-state index is -3.77. The minimum Gasteiger partial charge on any atom is -0.455 e. The van der Waals surface area contributed by atoms with Crippen LogP contribution in [0.25, 0.3) is 0 Å². The molecule has 4 aromatic rings. The van der Waals surface area contributed by atoms with Crippen LogP contribution in [0.15, 0.2) is 108 Å². The first-order valence-corrected chi connectivity index (χ1v) is 11.8. The molecule has 6 nitrogen and oxygen atoms in total. The van der Waals surface area contributed by atoms with E-state index in [1.54, 1.807) is 18.2 Å². The molecule has 0 spiro atoms. The number of amides is 1. The predicted octanol–water partition coefficient (Wildman–Crippen LogP) is 6.19. The average Bonchev–Trinajstić information content (AvgIpc) is 2.81. The number of carbonyl (C=O) groups excluding carboxylic acids is 1. The summed E-state index contributed by atoms with van der Waals surface area (Å²) in [7, 11) is -3.77. The molecule has 8 heteroatoms. The zero-order chi connectivity index (χ0) is 23.3. The molecular weight excluding hydrogens is 460 g/mol. The molecule has 0 radical (unpaired) electrons. The Bertz CT molecular complexity index is 1360. The van der Waals surface area contributed by atoms with Crippen molar-refractivity contribution < 1.29 is 17.9 Å². The van der Waals surface area contributed by atoms with Crippen LogP contribution in [0.4, 0.5) is 11.4 Å². The molecule has 0 saturated carbocycles. The molecule has 2 N–H and O–H groups in total. The second kappa shape index (κ2) is 9.77. The van der Waals surface area contributed by atoms with Crippen LogP contribution in [0.3, 0.4) is 0 Å². The first-order valence-electron chi connectivity index (χ1n) is 9.92. The summed E-state index contributed by atoms with van der Waals surface area (Å²) in [5, 5.41) is 3.28. The van der Waals surface area contributed by atoms with Crippen molar-refractivity contribution in [1.29, 1.82) is 0 Å². The fourth-order valence-electron chi connectivity index (χ4n) is 2.99. The van der Waals surface area contributed by atoms with Crippen molar-refractivity contribution in [2.75, 3.05) is 10.0 Å². The van der Waals surface area contributed by atoms with Gasteiger partial charge in [-0.25, -0.2) is 8.42 Å². The molecule has 0 unspecified atom stereocenters. The van der Waals surface area contributed by atoms with Crippen LogP contribution < -0.4 is 14.8 Å². The predicted molar refractivity (Wildman–Crippen MR) is 130 cm³/mol. The number of sulfonamides is 1. The van der Waals surface area contributed by atoms with E-state index in [1.165, 1.54) is 48.5 Å². The summed E-state index contributed by atoms with van der Waals surface area (Å²) < 4.78 is 33.4. The maximum absolute atomic E-state index is 12.8. The third-order valence-electron chi connectivity index (χ3n) is 4.63. The quantitative estimate of drug-likeness (QED) is 0.332. The van der Waals surface area contributed by atoms with Crippen molar-refractivity contribution in [3.8, 4) is 11.5 Å². The highest BCUT2D eigenvalue weighted by molar-refractivity contribution is 7.92. The van der Waals surface area contributed by atoms with Gasteiger partial charge in [0.05, 0.1) is 10.6 Å². The molecule has 0 atom stereocenters. The molecule has 4 aromatic carbocycles. The van der Waals surface area contributed by atoms with Gasteiger partial charge in [-0.05, 0) is 72.8 Å². The molecule has 0 aromatic heterocycles. The fraction of sp³-hybridized carbons (Fsp3) is 0. The summed E-state index contributed by atoms with van der Waals surface area (Å²) in [6.07, 6.45) is 0. The molecule has 0 fully saturated rings. The van der Waals surface area contributed by atoms with Gasteiger partial charge in [0.25, 0.3) is 15.9 Å². The van der Waals surface area contributed by atoms with Crippen molar-refractivity contribution in [3.63, 3.8) is 0 Å². The molecule has 4 rings (SSSR count). The highest BCUT2D eigenvalue weighted by Crippen LogP contribution is 2.29. The van der Waals surface area contributed by atoms with E-state index in [2.05, 4.69) is 10.0 Å². The maximum Gasteiger partial charge on any atom is 0.261 e. The lowest BCUT2D eigenvalue weighted by Gasteiger charge is -2.13. The van der Waals surface area contributed by atoms with Gasteiger partial charge in [0.1, 0.15) is 5.75 Å². The van der Waals surface area contributed by atoms with E-state index >= 15 is 0 Å². The van der Waals surface area contributed by atoms with Gasteiger partial charge in [-0.2, -0.15) is 0 Å². The number of carbonyl (C=O) groups is 1. The summed E-state index contributed by atoms with van der Waals surface area (Å²) in [6.45, 7) is 0. The second-order valence-corrected chi connectivity index (χ2v) is 9.12. The van der Waals surface area contributed by atoms with Crippen LogP contribution in [0, 0.1) is 0 Å². The lowest BCUT2D eigenvalue weighted by Crippen LogP contribution is -2.14. The van der Waals surface area contributed by atoms with Crippen molar-refractivity contribution in [3.05, 3.63) is 114 Å². The van der Waals surface area contributed by atoms with Gasteiger partial charge < -0.3 is 10.1 Å². The fourth-order valence-corrected chi connectivity index (χ4v) is 4.17. The Labute approximate surface area is 196 Å². The van der Waals surface area contributed by atoms with Crippen LogP contribution in [-0.4, -0.2) is 14.3 Å². The van der Waals surface area contributed by atoms with Gasteiger partial charge in [-0.3, -0.25) is 9.52 Å². The zero-order valence-corrected chi connectivity index (χ0v) is 18.8. The SMILES string of the molecule is O=C(Nc1ccccc1Oc1ccccc1)c1ccc(NS(=O)(=O)c2ccc(Cl)cc2)cc1. The molecule has 0 heterocycles. The first kappa shape index (κ1) is 22.4. The van der Waals surface area contributed by atoms with Gasteiger partial charge in [-0.15, -0.1) is 0 Å². The number of rotatable bonds is 7. The standard InChI is InChI=1S/C25H19ClN2O4S/c26-19-12-16-22(17-13-19)33(30,31)28-20-14-10-18(11-15-20)25(29)27-23-8-4-5-9-24(23)32-21-6-2-1-3-7-21/h1-17,28H,(H,27,29). The number of para-hydroxylation sites is 3. The summed E-state index contributed by atoms with van der Waals surface area (Å²) in [5.74, 6) is 0.798. The Morgan fingerprint density at radius 3 is 2.09 bits per heavy atom. The van der Waals surface area contributed by atoms with Crippen LogP contribution in [0.1, 0.15) is 10.4 Å². The van der Waals surface area contributed by atoms with Crippen molar-refractivity contribution >= 4 is 38.9 Å². The van der Waals surface area contributed by atoms with E-state index in [4.69, 9.17) is 16.3 Å². The van der Waals surface area contributed by atoms with Gasteiger partial charge in [0.15, 0.2) is 5.75 Å². The Morgan fingerprint density at radius 1 is 0.758 bits per heavy atom. The van der Waals surface area contributed by atoms with Crippen molar-refractivity contribution in [1.82, 2.24) is 0 Å². The van der Waals surface area contributed by atoms with Crippen LogP contribution in [0.2, 0.25) is 5.02 Å². The first-order chi connectivity index (χ1) is 15.9. The molecule has 0 aliphatic rings. The van der Waals surface area contributed by atoms with Crippen molar-refractivity contribution in [2.45, 2.75) is 4.90 Å².